The van der Waals surface area contributed by atoms with E-state index < -0.39 is 11.6 Å². The van der Waals surface area contributed by atoms with Crippen LogP contribution < -0.4 is 11.1 Å². The molecule has 4 aromatic rings. The van der Waals surface area contributed by atoms with Gasteiger partial charge in [0, 0.05) is 29.2 Å². The molecule has 0 saturated carbocycles. The Morgan fingerprint density at radius 2 is 2.00 bits per heavy atom. The van der Waals surface area contributed by atoms with E-state index in [1.807, 2.05) is 25.1 Å². The van der Waals surface area contributed by atoms with Crippen LogP contribution in [-0.2, 0) is 6.42 Å². The number of nitrogens with one attached hydrogen (secondary N) is 2. The summed E-state index contributed by atoms with van der Waals surface area (Å²) in [6, 6.07) is 9.49. The average Bonchev–Trinajstić information content (AvgIpc) is 3.30. The monoisotopic (exact) mass is 400 g/mol. The van der Waals surface area contributed by atoms with Gasteiger partial charge in [-0.3, -0.25) is 5.10 Å². The predicted octanol–water partition coefficient (Wildman–Crippen LogP) is 3.65. The lowest BCUT2D eigenvalue weighted by Gasteiger charge is -2.12. The van der Waals surface area contributed by atoms with Gasteiger partial charge in [0.1, 0.15) is 5.01 Å². The molecule has 1 unspecified atom stereocenters. The van der Waals surface area contributed by atoms with Gasteiger partial charge >= 0.3 is 0 Å². The zero-order valence-electron chi connectivity index (χ0n) is 15.0. The molecule has 0 aliphatic carbocycles. The van der Waals surface area contributed by atoms with Crippen molar-refractivity contribution < 1.29 is 8.78 Å². The zero-order valence-corrected chi connectivity index (χ0v) is 15.9. The Hall–Kier alpha value is -2.91. The highest BCUT2D eigenvalue weighted by molar-refractivity contribution is 7.18. The third-order valence-corrected chi connectivity index (χ3v) is 5.34. The molecule has 4 rings (SSSR count). The van der Waals surface area contributed by atoms with Crippen molar-refractivity contribution in [2.75, 3.05) is 11.9 Å². The molecule has 1 atom stereocenters. The summed E-state index contributed by atoms with van der Waals surface area (Å²) < 4.78 is 26.3. The van der Waals surface area contributed by atoms with Crippen molar-refractivity contribution in [1.82, 2.24) is 20.4 Å². The zero-order chi connectivity index (χ0) is 19.7. The molecule has 9 heteroatoms. The third-order valence-electron chi connectivity index (χ3n) is 4.41. The highest BCUT2D eigenvalue weighted by atomic mass is 32.1. The fourth-order valence-electron chi connectivity index (χ4n) is 2.94. The van der Waals surface area contributed by atoms with Crippen LogP contribution in [0.5, 0.6) is 0 Å². The molecule has 144 valence electrons. The lowest BCUT2D eigenvalue weighted by Crippen LogP contribution is -2.31. The van der Waals surface area contributed by atoms with Crippen molar-refractivity contribution >= 4 is 27.4 Å². The third kappa shape index (κ3) is 3.85. The Kier molecular flexibility index (Phi) is 5.01. The second-order valence-corrected chi connectivity index (χ2v) is 7.56. The summed E-state index contributed by atoms with van der Waals surface area (Å²) in [4.78, 5) is 0. The molecule has 0 spiro atoms. The normalized spacial score (nSPS) is 12.4. The van der Waals surface area contributed by atoms with Crippen LogP contribution in [0, 0.1) is 18.6 Å². The van der Waals surface area contributed by atoms with Crippen molar-refractivity contribution in [3.63, 3.8) is 0 Å². The van der Waals surface area contributed by atoms with Crippen LogP contribution in [0.15, 0.2) is 36.4 Å². The molecule has 0 bridgehead atoms. The van der Waals surface area contributed by atoms with Gasteiger partial charge in [-0.05, 0) is 49.2 Å². The number of aryl methyl sites for hydroxylation is 1. The number of aromatic amines is 1. The number of nitrogens with zero attached hydrogens (tertiary/aromatic N) is 3. The molecule has 4 N–H and O–H groups in total. The Bertz CT molecular complexity index is 1120. The Balaban J connectivity index is 1.40. The SMILES string of the molecule is Cc1[nH]nc2ccc(-c3nnc(NCC(N)Cc4ccc(F)c(F)c4)s3)cc12. The fraction of sp³-hybridized carbons (Fsp3) is 0.211. The topological polar surface area (TPSA) is 92.5 Å². The first-order chi connectivity index (χ1) is 13.5. The van der Waals surface area contributed by atoms with E-state index in [1.165, 1.54) is 23.5 Å². The molecule has 0 radical (unpaired) electrons. The number of benzene rings is 2. The molecule has 0 amide bonds. The fourth-order valence-corrected chi connectivity index (χ4v) is 3.69. The minimum atomic E-state index is -0.865. The highest BCUT2D eigenvalue weighted by Gasteiger charge is 2.11. The van der Waals surface area contributed by atoms with E-state index in [1.54, 1.807) is 0 Å². The van der Waals surface area contributed by atoms with Gasteiger partial charge < -0.3 is 11.1 Å². The average molecular weight is 400 g/mol. The number of anilines is 1. The van der Waals surface area contributed by atoms with Crippen LogP contribution in [0.2, 0.25) is 0 Å². The second-order valence-electron chi connectivity index (χ2n) is 6.59. The molecular weight excluding hydrogens is 382 g/mol. The Morgan fingerprint density at radius 3 is 2.82 bits per heavy atom. The van der Waals surface area contributed by atoms with Crippen LogP contribution in [-0.4, -0.2) is 33.0 Å². The first-order valence-corrected chi connectivity index (χ1v) is 9.53. The molecule has 28 heavy (non-hydrogen) atoms. The number of rotatable bonds is 6. The van der Waals surface area contributed by atoms with Gasteiger partial charge in [-0.1, -0.05) is 17.4 Å². The van der Waals surface area contributed by atoms with Crippen LogP contribution in [0.25, 0.3) is 21.5 Å². The number of fused-ring (bicyclic) bond motifs is 1. The van der Waals surface area contributed by atoms with E-state index in [0.29, 0.717) is 23.7 Å². The van der Waals surface area contributed by atoms with Gasteiger partial charge in [0.15, 0.2) is 11.6 Å². The first-order valence-electron chi connectivity index (χ1n) is 8.71. The molecular formula is C19H18F2N6S. The summed E-state index contributed by atoms with van der Waals surface area (Å²) in [5, 5.41) is 21.2. The number of H-pyrrole nitrogens is 1. The van der Waals surface area contributed by atoms with Gasteiger partial charge in [-0.15, -0.1) is 10.2 Å². The molecule has 0 aliphatic rings. The van der Waals surface area contributed by atoms with E-state index >= 15 is 0 Å². The van der Waals surface area contributed by atoms with Gasteiger partial charge in [0.05, 0.1) is 5.52 Å². The van der Waals surface area contributed by atoms with E-state index in [0.717, 1.165) is 33.2 Å². The number of hydrogen-bond acceptors (Lipinski definition) is 6. The van der Waals surface area contributed by atoms with Gasteiger partial charge in [0.25, 0.3) is 0 Å². The molecule has 0 aliphatic heterocycles. The van der Waals surface area contributed by atoms with E-state index in [2.05, 4.69) is 25.7 Å². The molecule has 0 saturated heterocycles. The van der Waals surface area contributed by atoms with Crippen molar-refractivity contribution in [3.8, 4) is 10.6 Å². The second kappa shape index (κ2) is 7.61. The van der Waals surface area contributed by atoms with Gasteiger partial charge in [-0.25, -0.2) is 8.78 Å². The molecule has 2 heterocycles. The maximum atomic E-state index is 13.3. The van der Waals surface area contributed by atoms with Gasteiger partial charge in [-0.2, -0.15) is 5.10 Å². The molecule has 6 nitrogen and oxygen atoms in total. The largest absolute Gasteiger partial charge is 0.359 e. The molecule has 2 aromatic carbocycles. The lowest BCUT2D eigenvalue weighted by molar-refractivity contribution is 0.506. The molecule has 0 fully saturated rings. The van der Waals surface area contributed by atoms with Gasteiger partial charge in [0.2, 0.25) is 5.13 Å². The highest BCUT2D eigenvalue weighted by Crippen LogP contribution is 2.29. The van der Waals surface area contributed by atoms with E-state index in [4.69, 9.17) is 5.73 Å². The van der Waals surface area contributed by atoms with E-state index in [9.17, 15) is 8.78 Å². The Morgan fingerprint density at radius 1 is 1.14 bits per heavy atom. The summed E-state index contributed by atoms with van der Waals surface area (Å²) in [7, 11) is 0. The van der Waals surface area contributed by atoms with Crippen LogP contribution in [0.3, 0.4) is 0 Å². The van der Waals surface area contributed by atoms with Crippen LogP contribution in [0.1, 0.15) is 11.3 Å². The number of halogens is 2. The van der Waals surface area contributed by atoms with Crippen LogP contribution in [0.4, 0.5) is 13.9 Å². The van der Waals surface area contributed by atoms with Crippen molar-refractivity contribution in [3.05, 3.63) is 59.3 Å². The summed E-state index contributed by atoms with van der Waals surface area (Å²) in [5.74, 6) is -1.73. The first kappa shape index (κ1) is 18.5. The smallest absolute Gasteiger partial charge is 0.206 e. The summed E-state index contributed by atoms with van der Waals surface area (Å²) in [6.07, 6.45) is 0.423. The lowest BCUT2D eigenvalue weighted by atomic mass is 10.1. The van der Waals surface area contributed by atoms with Crippen molar-refractivity contribution in [2.45, 2.75) is 19.4 Å². The number of nitrogens with two attached hydrogens (primary N) is 1. The minimum absolute atomic E-state index is 0.276. The maximum Gasteiger partial charge on any atom is 0.206 e. The Labute approximate surface area is 163 Å². The molecule has 2 aromatic heterocycles. The number of hydrogen-bond donors (Lipinski definition) is 3. The van der Waals surface area contributed by atoms with Crippen molar-refractivity contribution in [1.29, 1.82) is 0 Å². The summed E-state index contributed by atoms with van der Waals surface area (Å²) in [5.41, 5.74) is 9.62. The van der Waals surface area contributed by atoms with E-state index in [-0.39, 0.29) is 6.04 Å². The summed E-state index contributed by atoms with van der Waals surface area (Å²) in [6.45, 7) is 2.41. The number of aromatic nitrogens is 4. The minimum Gasteiger partial charge on any atom is -0.359 e. The quantitative estimate of drug-likeness (QED) is 0.459. The maximum absolute atomic E-state index is 13.3. The van der Waals surface area contributed by atoms with Crippen molar-refractivity contribution in [2.24, 2.45) is 5.73 Å². The summed E-state index contributed by atoms with van der Waals surface area (Å²) >= 11 is 1.43. The standard InChI is InChI=1S/C19H18F2N6S/c1-10-14-8-12(3-5-17(14)25-24-10)18-26-27-19(28-18)23-9-13(22)6-11-2-4-15(20)16(21)7-11/h2-5,7-8,13H,6,9,22H2,1H3,(H,23,27)(H,24,25). The van der Waals surface area contributed by atoms with Crippen LogP contribution >= 0.6 is 11.3 Å². The predicted molar refractivity (Wildman–Crippen MR) is 106 cm³/mol.